The maximum Gasteiger partial charge on any atom is 0.348 e. The van der Waals surface area contributed by atoms with Crippen LogP contribution in [0.15, 0.2) is 9.59 Å². The van der Waals surface area contributed by atoms with Crippen LogP contribution in [0.25, 0.3) is 0 Å². The van der Waals surface area contributed by atoms with Gasteiger partial charge in [-0.25, -0.2) is 28.3 Å². The molecule has 0 aliphatic carbocycles. The molecule has 0 radical (unpaired) electrons. The number of aliphatic carboxylic acids is 1. The highest BCUT2D eigenvalue weighted by molar-refractivity contribution is 6.17. The molecule has 7 nitrogen and oxygen atoms in total. The summed E-state index contributed by atoms with van der Waals surface area (Å²) in [6.07, 6.45) is 0.931. The first-order valence-electron chi connectivity index (χ1n) is 5.29. The van der Waals surface area contributed by atoms with Crippen LogP contribution in [0, 0.1) is 0 Å². The van der Waals surface area contributed by atoms with Crippen molar-refractivity contribution in [3.63, 3.8) is 0 Å². The van der Waals surface area contributed by atoms with Gasteiger partial charge in [0.25, 0.3) is 0 Å². The quantitative estimate of drug-likeness (QED) is 0.741. The summed E-state index contributed by atoms with van der Waals surface area (Å²) in [5.74, 6) is -0.958. The number of aromatic nitrogens is 3. The number of carbonyl (C=O) groups is 1. The molecule has 2 rings (SSSR count). The van der Waals surface area contributed by atoms with Gasteiger partial charge in [0.1, 0.15) is 0 Å². The predicted molar refractivity (Wildman–Crippen MR) is 59.6 cm³/mol. The minimum absolute atomic E-state index is 0.0958. The molecule has 0 spiro atoms. The third-order valence-electron chi connectivity index (χ3n) is 2.87. The van der Waals surface area contributed by atoms with Crippen molar-refractivity contribution in [3.05, 3.63) is 21.0 Å². The van der Waals surface area contributed by atoms with E-state index < -0.39 is 23.4 Å². The van der Waals surface area contributed by atoms with Gasteiger partial charge in [-0.05, 0) is 12.8 Å². The Kier molecular flexibility index (Phi) is 3.10. The van der Waals surface area contributed by atoms with Crippen LogP contribution in [0.1, 0.15) is 18.9 Å². The van der Waals surface area contributed by atoms with E-state index in [4.69, 9.17) is 16.7 Å². The lowest BCUT2D eigenvalue weighted by molar-refractivity contribution is -0.142. The second-order valence-corrected chi connectivity index (χ2v) is 4.25. The van der Waals surface area contributed by atoms with E-state index >= 15 is 0 Å². The zero-order valence-corrected chi connectivity index (χ0v) is 9.76. The molecule has 1 aromatic heterocycles. The molecule has 8 heteroatoms. The fourth-order valence-corrected chi connectivity index (χ4v) is 2.27. The van der Waals surface area contributed by atoms with E-state index in [1.165, 1.54) is 4.68 Å². The van der Waals surface area contributed by atoms with Gasteiger partial charge in [-0.3, -0.25) is 0 Å². The van der Waals surface area contributed by atoms with Crippen LogP contribution in [0.3, 0.4) is 0 Å². The Bertz CT molecular complexity index is 556. The van der Waals surface area contributed by atoms with E-state index in [2.05, 4.69) is 0 Å². The normalized spacial score (nSPS) is 19.0. The number of carboxylic acid groups (broad SMARTS) is 1. The van der Waals surface area contributed by atoms with Crippen molar-refractivity contribution in [1.29, 1.82) is 0 Å². The van der Waals surface area contributed by atoms with Crippen LogP contribution in [0.5, 0.6) is 0 Å². The van der Waals surface area contributed by atoms with Gasteiger partial charge in [0, 0.05) is 19.0 Å². The van der Waals surface area contributed by atoms with E-state index in [-0.39, 0.29) is 12.4 Å². The molecule has 0 saturated heterocycles. The summed E-state index contributed by atoms with van der Waals surface area (Å²) in [6.45, 7) is 0.464. The molecule has 0 fully saturated rings. The first kappa shape index (κ1) is 12.0. The fourth-order valence-electron chi connectivity index (χ4n) is 2.11. The average Bonchev–Trinajstić information content (AvgIpc) is 2.55. The number of halogens is 1. The van der Waals surface area contributed by atoms with Gasteiger partial charge in [0.2, 0.25) is 0 Å². The highest BCUT2D eigenvalue weighted by Gasteiger charge is 2.30. The molecule has 1 N–H and O–H groups in total. The molecule has 2 heterocycles. The second-order valence-electron chi connectivity index (χ2n) is 3.87. The molecule has 0 amide bonds. The topological polar surface area (TPSA) is 86.2 Å². The first-order chi connectivity index (χ1) is 8.07. The molecule has 17 heavy (non-hydrogen) atoms. The van der Waals surface area contributed by atoms with Crippen LogP contribution in [0.2, 0.25) is 0 Å². The average molecular weight is 262 g/mol. The molecule has 94 valence electrons. The van der Waals surface area contributed by atoms with Gasteiger partial charge < -0.3 is 5.11 Å². The largest absolute Gasteiger partial charge is 0.480 e. The highest BCUT2D eigenvalue weighted by atomic mass is 35.5. The van der Waals surface area contributed by atoms with Crippen molar-refractivity contribution in [1.82, 2.24) is 13.9 Å². The van der Waals surface area contributed by atoms with Gasteiger partial charge in [-0.15, -0.1) is 11.6 Å². The number of hydrogen-bond donors (Lipinski definition) is 1. The van der Waals surface area contributed by atoms with E-state index in [0.717, 1.165) is 9.25 Å². The molecular weight excluding hydrogens is 250 g/mol. The third-order valence-corrected chi connectivity index (χ3v) is 3.04. The van der Waals surface area contributed by atoms with Crippen LogP contribution in [-0.2, 0) is 17.9 Å². The maximum absolute atomic E-state index is 11.9. The van der Waals surface area contributed by atoms with Crippen molar-refractivity contribution in [2.24, 2.45) is 0 Å². The van der Waals surface area contributed by atoms with Gasteiger partial charge in [0.15, 0.2) is 6.04 Å². The molecule has 1 atom stereocenters. The summed E-state index contributed by atoms with van der Waals surface area (Å²) in [5.41, 5.74) is -1.08. The Morgan fingerprint density at radius 2 is 2.12 bits per heavy atom. The van der Waals surface area contributed by atoms with E-state index in [0.29, 0.717) is 19.4 Å². The van der Waals surface area contributed by atoms with E-state index in [9.17, 15) is 14.4 Å². The summed E-state index contributed by atoms with van der Waals surface area (Å²) in [4.78, 5) is 34.8. The van der Waals surface area contributed by atoms with E-state index in [1.807, 2.05) is 0 Å². The number of carboxylic acids is 1. The lowest BCUT2D eigenvalue weighted by Gasteiger charge is -2.21. The minimum atomic E-state index is -1.09. The Hall–Kier alpha value is -1.50. The number of rotatable bonds is 3. The molecule has 1 unspecified atom stereocenters. The lowest BCUT2D eigenvalue weighted by atomic mass is 10.1. The van der Waals surface area contributed by atoms with Crippen LogP contribution >= 0.6 is 11.6 Å². The molecule has 0 bridgehead atoms. The second kappa shape index (κ2) is 4.40. The monoisotopic (exact) mass is 261 g/mol. The predicted octanol–water partition coefficient (Wildman–Crippen LogP) is -0.530. The van der Waals surface area contributed by atoms with Gasteiger partial charge in [-0.2, -0.15) is 0 Å². The van der Waals surface area contributed by atoms with Crippen LogP contribution < -0.4 is 11.4 Å². The van der Waals surface area contributed by atoms with Crippen molar-refractivity contribution < 1.29 is 9.90 Å². The Labute approximate surface area is 101 Å². The molecule has 1 aliphatic rings. The number of alkyl halides is 1. The van der Waals surface area contributed by atoms with Gasteiger partial charge in [-0.1, -0.05) is 0 Å². The number of nitrogens with zero attached hydrogens (tertiary/aromatic N) is 3. The third kappa shape index (κ3) is 1.80. The Morgan fingerprint density at radius 1 is 1.41 bits per heavy atom. The highest BCUT2D eigenvalue weighted by Crippen LogP contribution is 2.16. The Balaban J connectivity index is 2.63. The summed E-state index contributed by atoms with van der Waals surface area (Å²) < 4.78 is 3.20. The fraction of sp³-hybridized carbons (Fsp3) is 0.667. The van der Waals surface area contributed by atoms with Crippen LogP contribution in [0.4, 0.5) is 0 Å². The maximum atomic E-state index is 11.9. The summed E-state index contributed by atoms with van der Waals surface area (Å²) >= 11 is 5.51. The summed E-state index contributed by atoms with van der Waals surface area (Å²) in [7, 11) is 0. The van der Waals surface area contributed by atoms with Crippen molar-refractivity contribution in [2.75, 3.05) is 5.88 Å². The van der Waals surface area contributed by atoms with Gasteiger partial charge >= 0.3 is 17.3 Å². The van der Waals surface area contributed by atoms with Crippen molar-refractivity contribution in [2.45, 2.75) is 32.0 Å². The van der Waals surface area contributed by atoms with Gasteiger partial charge in [0.05, 0.1) is 0 Å². The summed E-state index contributed by atoms with van der Waals surface area (Å²) in [5, 5.41) is 9.03. The van der Waals surface area contributed by atoms with Crippen molar-refractivity contribution >= 4 is 17.6 Å². The zero-order chi connectivity index (χ0) is 12.6. The SMILES string of the molecule is O=C(O)C1CCCn2c(=O)n(CCCl)c(=O)n21. The number of fused-ring (bicyclic) bond motifs is 1. The zero-order valence-electron chi connectivity index (χ0n) is 9.00. The Morgan fingerprint density at radius 3 is 2.71 bits per heavy atom. The van der Waals surface area contributed by atoms with Crippen molar-refractivity contribution in [3.8, 4) is 0 Å². The van der Waals surface area contributed by atoms with E-state index in [1.54, 1.807) is 0 Å². The standard InChI is InChI=1S/C9H12ClN3O4/c10-3-5-11-8(16)12-4-1-2-6(7(14)15)13(12)9(11)17/h6H,1-5H2,(H,14,15). The molecular formula is C9H12ClN3O4. The smallest absolute Gasteiger partial charge is 0.348 e. The molecule has 0 saturated carbocycles. The molecule has 0 aromatic carbocycles. The molecule has 1 aliphatic heterocycles. The number of hydrogen-bond acceptors (Lipinski definition) is 3. The minimum Gasteiger partial charge on any atom is -0.480 e. The van der Waals surface area contributed by atoms with Crippen LogP contribution in [-0.4, -0.2) is 30.9 Å². The lowest BCUT2D eigenvalue weighted by Crippen LogP contribution is -2.38. The molecule has 1 aromatic rings. The first-order valence-corrected chi connectivity index (χ1v) is 5.82. The summed E-state index contributed by atoms with van der Waals surface area (Å²) in [6, 6.07) is -0.958.